The lowest BCUT2D eigenvalue weighted by atomic mass is 9.79. The second-order valence-corrected chi connectivity index (χ2v) is 27.9. The van der Waals surface area contributed by atoms with Crippen LogP contribution in [-0.2, 0) is 55.6 Å². The van der Waals surface area contributed by atoms with Crippen molar-refractivity contribution in [3.8, 4) is 0 Å². The summed E-state index contributed by atoms with van der Waals surface area (Å²) in [6, 6.07) is 9.33. The molecule has 90 heavy (non-hydrogen) atoms. The van der Waals surface area contributed by atoms with Crippen molar-refractivity contribution in [2.24, 2.45) is 17.6 Å². The summed E-state index contributed by atoms with van der Waals surface area (Å²) in [6.45, 7) is 6.98. The number of hydrogen-bond acceptors (Lipinski definition) is 14. The van der Waals surface area contributed by atoms with Gasteiger partial charge in [0.2, 0.25) is 41.4 Å². The van der Waals surface area contributed by atoms with E-state index in [0.29, 0.717) is 39.0 Å². The van der Waals surface area contributed by atoms with E-state index in [0.717, 1.165) is 51.3 Å². The molecule has 8 N–H and O–H groups in total. The van der Waals surface area contributed by atoms with Crippen molar-refractivity contribution in [2.45, 2.75) is 139 Å². The van der Waals surface area contributed by atoms with Crippen molar-refractivity contribution in [3.63, 3.8) is 0 Å². The smallest absolute Gasteiger partial charge is 0.371 e. The van der Waals surface area contributed by atoms with Crippen molar-refractivity contribution in [2.75, 3.05) is 50.7 Å². The Hall–Kier alpha value is -7.65. The minimum atomic E-state index is -5.94. The largest absolute Gasteiger partial charge is 0.399 e. The molecule has 3 aromatic carbocycles. The normalized spacial score (nSPS) is 22.2. The molecule has 0 bridgehead atoms. The summed E-state index contributed by atoms with van der Waals surface area (Å²) in [5.74, 6) is -6.46. The number of thiophene rings is 1. The molecule has 3 unspecified atom stereocenters. The second kappa shape index (κ2) is 25.9. The van der Waals surface area contributed by atoms with Crippen LogP contribution in [0.4, 0.5) is 23.2 Å². The number of amides is 10. The van der Waals surface area contributed by atoms with Gasteiger partial charge in [-0.25, -0.2) is 8.78 Å². The molecule has 5 saturated heterocycles. The minimum absolute atomic E-state index is 0.00260. The number of halogens is 4. The molecule has 10 rings (SSSR count). The van der Waals surface area contributed by atoms with Crippen molar-refractivity contribution in [3.05, 3.63) is 99.4 Å². The highest BCUT2D eigenvalue weighted by Crippen LogP contribution is 2.59. The number of carbonyl (C=O) groups is 10. The van der Waals surface area contributed by atoms with E-state index in [9.17, 15) is 79.9 Å². The minimum Gasteiger partial charge on any atom is -0.371 e. The van der Waals surface area contributed by atoms with E-state index >= 15 is 0 Å². The van der Waals surface area contributed by atoms with Gasteiger partial charge in [0.1, 0.15) is 30.2 Å². The quantitative estimate of drug-likeness (QED) is 0.0395. The zero-order valence-electron chi connectivity index (χ0n) is 49.6. The summed E-state index contributed by atoms with van der Waals surface area (Å²) in [5.41, 5.74) is 2.67. The van der Waals surface area contributed by atoms with Crippen LogP contribution in [0.3, 0.4) is 0 Å². The first kappa shape index (κ1) is 65.3. The van der Waals surface area contributed by atoms with Crippen LogP contribution < -0.4 is 31.9 Å². The molecule has 1 aromatic heterocycles. The number of nitrogens with one attached hydrogen (secondary N) is 4. The lowest BCUT2D eigenvalue weighted by molar-refractivity contribution is -0.144. The van der Waals surface area contributed by atoms with Gasteiger partial charge in [-0.05, 0) is 115 Å². The van der Waals surface area contributed by atoms with Crippen LogP contribution >= 0.6 is 18.9 Å². The number of likely N-dealkylation sites (tertiary alicyclic amines) is 1. The molecule has 7 heterocycles. The van der Waals surface area contributed by atoms with Gasteiger partial charge >= 0.3 is 13.3 Å². The molecule has 0 spiro atoms. The molecule has 6 aliphatic rings. The zero-order chi connectivity index (χ0) is 64.9. The van der Waals surface area contributed by atoms with E-state index in [-0.39, 0.29) is 107 Å². The van der Waals surface area contributed by atoms with Crippen molar-refractivity contribution < 1.29 is 79.9 Å². The molecule has 0 aliphatic carbocycles. The fourth-order valence-corrected chi connectivity index (χ4v) is 14.5. The van der Waals surface area contributed by atoms with Gasteiger partial charge in [0.25, 0.3) is 24.1 Å². The SMILES string of the molecule is CC(C)(C)c1ccc(CC(NC(=O)C(CCC(N)=O)NC(=O)[C@@H]2CC[C@@H]3CCN(CC(F)F)C[C@H](NC(=O)c4cc5cc(C(F)(F)P(=O)(O)O)ccc5s4)C(=O)N32)C(=O)N2CCC(C3CN(c4ccc5c(c4)C(=O)N(C4CCC(=O)NC4=O)C5=O)C3)CC2)cc1. The van der Waals surface area contributed by atoms with Crippen molar-refractivity contribution >= 4 is 93.8 Å². The molecule has 6 aliphatic heterocycles. The Bertz CT molecular complexity index is 3590. The highest BCUT2D eigenvalue weighted by Gasteiger charge is 2.51. The van der Waals surface area contributed by atoms with E-state index in [1.165, 1.54) is 15.9 Å². The predicted molar refractivity (Wildman–Crippen MR) is 319 cm³/mol. The maximum Gasteiger partial charge on any atom is 0.399 e. The van der Waals surface area contributed by atoms with Gasteiger partial charge in [0.15, 0.2) is 0 Å². The van der Waals surface area contributed by atoms with Crippen LogP contribution in [0.25, 0.3) is 10.1 Å². The molecular weight excluding hydrogens is 1220 g/mol. The van der Waals surface area contributed by atoms with E-state index in [1.807, 2.05) is 24.3 Å². The average Bonchev–Trinajstić information content (AvgIpc) is 1.58. The Balaban J connectivity index is 0.815. The predicted octanol–water partition coefficient (Wildman–Crippen LogP) is 4.11. The standard InChI is InChI=1S/C61H71F4N10O13PS/c1-60(2,3)36-6-4-32(5-7-36)24-43(58(84)72-22-18-33(19-23-72)35-28-73(29-35)39-9-11-40-41(27-39)57(83)75(56(40)82)46-14-17-51(77)70-54(46)80)68-52(78)42(12-16-50(66)76)67-53(79)45-13-10-38-20-21-71(31-49(62)63)30-44(59(85)74(38)45)69-55(81)48-26-34-25-37(8-15-47(34)90-48)61(64,65)89(86,87)88/h4-9,11,15,25-27,33,35,38,42-46,49H,10,12-14,16-24,28-31H2,1-3H3,(H2,66,76)(H,67,79)(H,68,78)(H,69,81)(H,70,77,80)(H2,86,87,88)/t38-,42?,43?,44+,45+,46?/m1/s1. The number of alkyl halides is 4. The van der Waals surface area contributed by atoms with E-state index < -0.39 is 128 Å². The molecular formula is C61H71F4N10O13PS. The Morgan fingerprint density at radius 2 is 1.48 bits per heavy atom. The van der Waals surface area contributed by atoms with Gasteiger partial charge in [-0.2, -0.15) is 8.78 Å². The monoisotopic (exact) mass is 1290 g/mol. The van der Waals surface area contributed by atoms with Gasteiger partial charge in [-0.3, -0.25) is 67.6 Å². The first-order chi connectivity index (χ1) is 42.4. The second-order valence-electron chi connectivity index (χ2n) is 25.2. The maximum atomic E-state index is 14.8. The van der Waals surface area contributed by atoms with Crippen molar-refractivity contribution in [1.29, 1.82) is 0 Å². The first-order valence-electron chi connectivity index (χ1n) is 29.9. The lowest BCUT2D eigenvalue weighted by Crippen LogP contribution is -2.62. The van der Waals surface area contributed by atoms with Gasteiger partial charge in [-0.1, -0.05) is 51.1 Å². The van der Waals surface area contributed by atoms with Crippen LogP contribution in [0.2, 0.25) is 0 Å². The Labute approximate surface area is 518 Å². The zero-order valence-corrected chi connectivity index (χ0v) is 51.3. The number of benzene rings is 3. The van der Waals surface area contributed by atoms with Gasteiger partial charge in [0, 0.05) is 80.5 Å². The number of nitrogens with zero attached hydrogens (tertiary/aromatic N) is 5. The lowest BCUT2D eigenvalue weighted by Gasteiger charge is -2.47. The number of fused-ring (bicyclic) bond motifs is 3. The van der Waals surface area contributed by atoms with Gasteiger partial charge < -0.3 is 46.2 Å². The fraction of sp³-hybridized carbons (Fsp3) is 0.508. The number of hydrogen-bond donors (Lipinski definition) is 7. The summed E-state index contributed by atoms with van der Waals surface area (Å²) >= 11 is 0.811. The van der Waals surface area contributed by atoms with Crippen molar-refractivity contribution in [1.82, 2.24) is 40.9 Å². The number of carbonyl (C=O) groups excluding carboxylic acids is 10. The molecule has 0 radical (unpaired) electrons. The maximum absolute atomic E-state index is 14.8. The fourth-order valence-electron chi connectivity index (χ4n) is 13.1. The van der Waals surface area contributed by atoms with E-state index in [2.05, 4.69) is 46.9 Å². The summed E-state index contributed by atoms with van der Waals surface area (Å²) < 4.78 is 69.1. The van der Waals surface area contributed by atoms with Crippen LogP contribution in [-0.4, -0.2) is 177 Å². The Morgan fingerprint density at radius 1 is 0.789 bits per heavy atom. The number of anilines is 1. The number of imide groups is 2. The number of piperidine rings is 2. The molecule has 0 saturated carbocycles. The van der Waals surface area contributed by atoms with Crippen LogP contribution in [0.5, 0.6) is 0 Å². The third kappa shape index (κ3) is 13.8. The van der Waals surface area contributed by atoms with Crippen LogP contribution in [0.15, 0.2) is 66.7 Å². The summed E-state index contributed by atoms with van der Waals surface area (Å²) in [4.78, 5) is 162. The summed E-state index contributed by atoms with van der Waals surface area (Å²) in [7, 11) is -5.94. The summed E-state index contributed by atoms with van der Waals surface area (Å²) in [6.07, 6.45) is -1.75. The van der Waals surface area contributed by atoms with Gasteiger partial charge in [0.05, 0.1) is 22.5 Å². The number of rotatable bonds is 19. The Kier molecular flexibility index (Phi) is 18.8. The molecule has 4 aromatic rings. The number of nitrogens with two attached hydrogens (primary N) is 1. The van der Waals surface area contributed by atoms with Crippen LogP contribution in [0.1, 0.15) is 126 Å². The molecule has 10 amide bonds. The molecule has 482 valence electrons. The first-order valence-corrected chi connectivity index (χ1v) is 32.4. The molecule has 29 heteroatoms. The van der Waals surface area contributed by atoms with Gasteiger partial charge in [-0.15, -0.1) is 11.3 Å². The highest BCUT2D eigenvalue weighted by molar-refractivity contribution is 7.52. The third-order valence-corrected chi connectivity index (χ3v) is 20.2. The Morgan fingerprint density at radius 3 is 2.13 bits per heavy atom. The van der Waals surface area contributed by atoms with E-state index in [4.69, 9.17) is 5.73 Å². The van der Waals surface area contributed by atoms with Crippen LogP contribution in [0, 0.1) is 11.8 Å². The number of primary amides is 1. The molecule has 6 atom stereocenters. The average molecular weight is 1290 g/mol. The molecule has 5 fully saturated rings. The summed E-state index contributed by atoms with van der Waals surface area (Å²) in [5, 5.41) is 10.4. The van der Waals surface area contributed by atoms with E-state index in [1.54, 1.807) is 23.1 Å². The third-order valence-electron chi connectivity index (χ3n) is 18.1. The topological polar surface area (TPSA) is 319 Å². The molecule has 23 nitrogen and oxygen atoms in total. The highest BCUT2D eigenvalue weighted by atomic mass is 32.1.